The van der Waals surface area contributed by atoms with Crippen molar-refractivity contribution in [1.29, 1.82) is 0 Å². The second-order valence-electron chi connectivity index (χ2n) is 4.78. The average molecular weight is 296 g/mol. The van der Waals surface area contributed by atoms with Gasteiger partial charge in [-0.2, -0.15) is 10.2 Å². The van der Waals surface area contributed by atoms with Gasteiger partial charge in [-0.25, -0.2) is 9.59 Å². The van der Waals surface area contributed by atoms with Crippen LogP contribution in [0, 0.1) is 0 Å². The van der Waals surface area contributed by atoms with Crippen molar-refractivity contribution in [2.24, 2.45) is 0 Å². The number of urea groups is 1. The van der Waals surface area contributed by atoms with E-state index in [2.05, 4.69) is 9.84 Å². The molecule has 10 heteroatoms. The molecular weight excluding hydrogens is 284 g/mol. The van der Waals surface area contributed by atoms with E-state index in [1.165, 1.54) is 13.3 Å². The first kappa shape index (κ1) is 13.4. The highest BCUT2D eigenvalue weighted by molar-refractivity contribution is 5.87. The van der Waals surface area contributed by atoms with Gasteiger partial charge in [-0.15, -0.1) is 0 Å². The SMILES string of the molecule is COC(=O)C1c2nn(CC(=O)O)cc2C2CN1C(=O)N2O. The number of hydrogen-bond acceptors (Lipinski definition) is 6. The minimum Gasteiger partial charge on any atom is -0.480 e. The van der Waals surface area contributed by atoms with Crippen molar-refractivity contribution in [3.63, 3.8) is 0 Å². The van der Waals surface area contributed by atoms with Crippen molar-refractivity contribution < 1.29 is 29.4 Å². The van der Waals surface area contributed by atoms with Crippen molar-refractivity contribution in [1.82, 2.24) is 19.7 Å². The zero-order valence-corrected chi connectivity index (χ0v) is 11.0. The van der Waals surface area contributed by atoms with Gasteiger partial charge >= 0.3 is 18.0 Å². The molecule has 2 atom stereocenters. The lowest BCUT2D eigenvalue weighted by Gasteiger charge is -2.27. The Morgan fingerprint density at radius 2 is 2.24 bits per heavy atom. The average Bonchev–Trinajstić information content (AvgIpc) is 2.94. The van der Waals surface area contributed by atoms with E-state index in [1.54, 1.807) is 0 Å². The van der Waals surface area contributed by atoms with Crippen molar-refractivity contribution in [2.45, 2.75) is 18.6 Å². The molecule has 10 nitrogen and oxygen atoms in total. The Morgan fingerprint density at radius 3 is 2.86 bits per heavy atom. The Labute approximate surface area is 118 Å². The van der Waals surface area contributed by atoms with E-state index in [0.29, 0.717) is 10.6 Å². The third-order valence-electron chi connectivity index (χ3n) is 3.58. The number of aromatic nitrogens is 2. The molecule has 0 saturated carbocycles. The number of aliphatic carboxylic acids is 1. The Balaban J connectivity index is 2.08. The van der Waals surface area contributed by atoms with Gasteiger partial charge in [-0.05, 0) is 0 Å². The highest BCUT2D eigenvalue weighted by atomic mass is 16.5. The lowest BCUT2D eigenvalue weighted by Crippen LogP contribution is -2.39. The summed E-state index contributed by atoms with van der Waals surface area (Å²) >= 11 is 0. The molecule has 0 spiro atoms. The molecule has 0 radical (unpaired) electrons. The van der Waals surface area contributed by atoms with Crippen LogP contribution in [0.1, 0.15) is 23.3 Å². The number of carbonyl (C=O) groups is 3. The van der Waals surface area contributed by atoms with Gasteiger partial charge < -0.3 is 14.7 Å². The Morgan fingerprint density at radius 1 is 1.52 bits per heavy atom. The second kappa shape index (κ2) is 4.45. The van der Waals surface area contributed by atoms with Crippen LogP contribution < -0.4 is 0 Å². The van der Waals surface area contributed by atoms with Crippen LogP contribution in [0.2, 0.25) is 0 Å². The Kier molecular flexibility index (Phi) is 2.83. The summed E-state index contributed by atoms with van der Waals surface area (Å²) in [5.74, 6) is -1.79. The first-order valence-corrected chi connectivity index (χ1v) is 6.09. The summed E-state index contributed by atoms with van der Waals surface area (Å²) in [7, 11) is 1.18. The van der Waals surface area contributed by atoms with Crippen molar-refractivity contribution in [2.75, 3.05) is 13.7 Å². The largest absolute Gasteiger partial charge is 0.480 e. The summed E-state index contributed by atoms with van der Waals surface area (Å²) in [6.45, 7) is -0.270. The van der Waals surface area contributed by atoms with Crippen molar-refractivity contribution in [3.05, 3.63) is 17.5 Å². The van der Waals surface area contributed by atoms with Crippen LogP contribution in [0.3, 0.4) is 0 Å². The molecule has 1 saturated heterocycles. The number of ether oxygens (including phenoxy) is 1. The molecule has 0 aromatic carbocycles. The fourth-order valence-electron chi connectivity index (χ4n) is 2.69. The summed E-state index contributed by atoms with van der Waals surface area (Å²) in [4.78, 5) is 35.7. The van der Waals surface area contributed by atoms with E-state index in [-0.39, 0.29) is 18.8 Å². The predicted molar refractivity (Wildman–Crippen MR) is 63.1 cm³/mol. The number of carbonyl (C=O) groups excluding carboxylic acids is 2. The van der Waals surface area contributed by atoms with E-state index in [9.17, 15) is 19.6 Å². The van der Waals surface area contributed by atoms with Gasteiger partial charge in [0, 0.05) is 11.8 Å². The fourth-order valence-corrected chi connectivity index (χ4v) is 2.69. The number of fused-ring (bicyclic) bond motifs is 4. The predicted octanol–water partition coefficient (Wildman–Crippen LogP) is -0.637. The topological polar surface area (TPSA) is 125 Å². The number of carboxylic acids is 1. The van der Waals surface area contributed by atoms with Gasteiger partial charge in [0.2, 0.25) is 0 Å². The fraction of sp³-hybridized carbons (Fsp3) is 0.455. The number of esters is 1. The lowest BCUT2D eigenvalue weighted by molar-refractivity contribution is -0.146. The van der Waals surface area contributed by atoms with E-state index >= 15 is 0 Å². The quantitative estimate of drug-likeness (QED) is 0.561. The molecule has 112 valence electrons. The highest BCUT2D eigenvalue weighted by Crippen LogP contribution is 2.42. The molecule has 1 aromatic rings. The minimum absolute atomic E-state index is 0.112. The minimum atomic E-state index is -1.09. The first-order chi connectivity index (χ1) is 9.93. The molecule has 21 heavy (non-hydrogen) atoms. The third kappa shape index (κ3) is 1.83. The second-order valence-corrected chi connectivity index (χ2v) is 4.78. The van der Waals surface area contributed by atoms with Crippen LogP contribution in [0.5, 0.6) is 0 Å². The van der Waals surface area contributed by atoms with Crippen LogP contribution in [-0.4, -0.2) is 61.7 Å². The normalized spacial score (nSPS) is 23.2. The third-order valence-corrected chi connectivity index (χ3v) is 3.58. The Bertz CT molecular complexity index is 641. The number of methoxy groups -OCH3 is 1. The van der Waals surface area contributed by atoms with Crippen LogP contribution in [0.4, 0.5) is 4.79 Å². The molecule has 0 aliphatic carbocycles. The summed E-state index contributed by atoms with van der Waals surface area (Å²) in [6, 6.07) is -2.46. The molecule has 1 aromatic heterocycles. The maximum Gasteiger partial charge on any atom is 0.345 e. The summed E-state index contributed by atoms with van der Waals surface area (Å²) in [5, 5.41) is 23.2. The van der Waals surface area contributed by atoms with E-state index in [4.69, 9.17) is 5.11 Å². The molecule has 3 heterocycles. The highest BCUT2D eigenvalue weighted by Gasteiger charge is 2.52. The number of amides is 2. The summed E-state index contributed by atoms with van der Waals surface area (Å²) in [5.41, 5.74) is 0.667. The summed E-state index contributed by atoms with van der Waals surface area (Å²) < 4.78 is 5.83. The standard InChI is InChI=1S/C11H12N4O6/c1-21-10(18)9-8-5(2-13(12-8)4-7(16)17)6-3-14(9)11(19)15(6)20/h2,6,9,20H,3-4H2,1H3,(H,16,17). The van der Waals surface area contributed by atoms with E-state index in [1.807, 2.05) is 0 Å². The lowest BCUT2D eigenvalue weighted by atomic mass is 9.98. The first-order valence-electron chi connectivity index (χ1n) is 6.09. The maximum absolute atomic E-state index is 11.9. The number of nitrogens with zero attached hydrogens (tertiary/aromatic N) is 4. The molecule has 2 aliphatic heterocycles. The zero-order valence-electron chi connectivity index (χ0n) is 11.0. The van der Waals surface area contributed by atoms with Crippen LogP contribution in [-0.2, 0) is 20.9 Å². The number of carboxylic acid groups (broad SMARTS) is 1. The van der Waals surface area contributed by atoms with Crippen molar-refractivity contribution in [3.8, 4) is 0 Å². The smallest absolute Gasteiger partial charge is 0.345 e. The number of hydroxylamine groups is 2. The monoisotopic (exact) mass is 296 g/mol. The zero-order chi connectivity index (χ0) is 15.3. The van der Waals surface area contributed by atoms with E-state index in [0.717, 1.165) is 9.58 Å². The molecule has 2 amide bonds. The van der Waals surface area contributed by atoms with E-state index < -0.39 is 30.1 Å². The van der Waals surface area contributed by atoms with Gasteiger partial charge in [-0.3, -0.25) is 14.7 Å². The van der Waals surface area contributed by atoms with Gasteiger partial charge in [0.15, 0.2) is 6.04 Å². The van der Waals surface area contributed by atoms with Gasteiger partial charge in [0.25, 0.3) is 0 Å². The number of rotatable bonds is 3. The van der Waals surface area contributed by atoms with Crippen LogP contribution >= 0.6 is 0 Å². The van der Waals surface area contributed by atoms with Crippen LogP contribution in [0.15, 0.2) is 6.20 Å². The van der Waals surface area contributed by atoms with Gasteiger partial charge in [0.05, 0.1) is 13.7 Å². The number of hydrogen-bond donors (Lipinski definition) is 2. The van der Waals surface area contributed by atoms with Crippen molar-refractivity contribution >= 4 is 18.0 Å². The Hall–Kier alpha value is -2.62. The molecule has 3 rings (SSSR count). The summed E-state index contributed by atoms with van der Waals surface area (Å²) in [6.07, 6.45) is 1.42. The maximum atomic E-state index is 11.9. The molecule has 2 bridgehead atoms. The molecule has 2 unspecified atom stereocenters. The molecule has 1 fully saturated rings. The van der Waals surface area contributed by atoms with Gasteiger partial charge in [0.1, 0.15) is 18.3 Å². The van der Waals surface area contributed by atoms with Crippen LogP contribution in [0.25, 0.3) is 0 Å². The molecule has 2 aliphatic rings. The molecule has 2 N–H and O–H groups in total. The van der Waals surface area contributed by atoms with Gasteiger partial charge in [-0.1, -0.05) is 0 Å². The molecular formula is C11H12N4O6.